The molecule has 0 saturated carbocycles. The van der Waals surface area contributed by atoms with Crippen LogP contribution in [0.3, 0.4) is 0 Å². The number of nitrogens with zero attached hydrogens (tertiary/aromatic N) is 4. The summed E-state index contributed by atoms with van der Waals surface area (Å²) < 4.78 is 21.0. The van der Waals surface area contributed by atoms with Crippen LogP contribution in [-0.4, -0.2) is 46.1 Å². The first kappa shape index (κ1) is 22.5. The van der Waals surface area contributed by atoms with Crippen LogP contribution in [0.2, 0.25) is 0 Å². The van der Waals surface area contributed by atoms with Crippen LogP contribution in [0, 0.1) is 12.7 Å². The van der Waals surface area contributed by atoms with Crippen molar-refractivity contribution in [1.82, 2.24) is 19.9 Å². The SMILES string of the molecule is Cc1c(-c2cc3nc(Nc4ccc5c(c4)CN(C)[C@@H](C)C5)ncc3c(N)c2F)cnc2c1NCCO2. The van der Waals surface area contributed by atoms with Gasteiger partial charge in [0.15, 0.2) is 5.82 Å². The van der Waals surface area contributed by atoms with Gasteiger partial charge in [-0.1, -0.05) is 6.07 Å². The molecule has 8 nitrogen and oxygen atoms in total. The Hall–Kier alpha value is -3.98. The van der Waals surface area contributed by atoms with Crippen molar-refractivity contribution in [2.45, 2.75) is 32.9 Å². The average molecular weight is 486 g/mol. The van der Waals surface area contributed by atoms with Crippen LogP contribution < -0.4 is 21.1 Å². The number of pyridine rings is 1. The highest BCUT2D eigenvalue weighted by molar-refractivity contribution is 5.96. The van der Waals surface area contributed by atoms with Gasteiger partial charge in [-0.05, 0) is 62.2 Å². The third-order valence-electron chi connectivity index (χ3n) is 7.25. The molecule has 0 spiro atoms. The minimum absolute atomic E-state index is 0.0151. The topological polar surface area (TPSA) is 101 Å². The van der Waals surface area contributed by atoms with Crippen molar-refractivity contribution in [3.8, 4) is 17.0 Å². The molecule has 0 saturated heterocycles. The lowest BCUT2D eigenvalue weighted by molar-refractivity contribution is 0.231. The van der Waals surface area contributed by atoms with E-state index in [1.54, 1.807) is 18.5 Å². The number of aromatic nitrogens is 3. The Balaban J connectivity index is 1.37. The van der Waals surface area contributed by atoms with Crippen molar-refractivity contribution in [3.63, 3.8) is 0 Å². The lowest BCUT2D eigenvalue weighted by atomic mass is 9.95. The fraction of sp³-hybridized carbons (Fsp3) is 0.296. The monoisotopic (exact) mass is 485 g/mol. The average Bonchev–Trinajstić information content (AvgIpc) is 2.88. The Labute approximate surface area is 208 Å². The van der Waals surface area contributed by atoms with Gasteiger partial charge in [-0.25, -0.2) is 19.3 Å². The molecule has 4 heterocycles. The predicted molar refractivity (Wildman–Crippen MR) is 140 cm³/mol. The molecule has 4 N–H and O–H groups in total. The first-order valence-corrected chi connectivity index (χ1v) is 12.1. The Kier molecular flexibility index (Phi) is 5.37. The molecule has 0 bridgehead atoms. The highest BCUT2D eigenvalue weighted by Crippen LogP contribution is 2.39. The number of fused-ring (bicyclic) bond motifs is 3. The molecular weight excluding hydrogens is 457 g/mol. The van der Waals surface area contributed by atoms with E-state index in [0.717, 1.165) is 29.9 Å². The third-order valence-corrected chi connectivity index (χ3v) is 7.25. The molecule has 184 valence electrons. The molecule has 2 aliphatic heterocycles. The number of halogens is 1. The second-order valence-electron chi connectivity index (χ2n) is 9.61. The van der Waals surface area contributed by atoms with Crippen molar-refractivity contribution in [2.24, 2.45) is 0 Å². The van der Waals surface area contributed by atoms with Crippen LogP contribution in [0.25, 0.3) is 22.0 Å². The molecule has 9 heteroatoms. The predicted octanol–water partition coefficient (Wildman–Crippen LogP) is 4.65. The Bertz CT molecular complexity index is 1510. The minimum Gasteiger partial charge on any atom is -0.474 e. The smallest absolute Gasteiger partial charge is 0.237 e. The number of likely N-dealkylation sites (N-methyl/N-ethyl adjacent to an activating group) is 1. The molecular formula is C27H28FN7O. The van der Waals surface area contributed by atoms with Gasteiger partial charge in [0, 0.05) is 53.7 Å². The molecule has 2 aliphatic rings. The molecule has 6 rings (SSSR count). The molecule has 0 unspecified atom stereocenters. The first-order valence-electron chi connectivity index (χ1n) is 12.1. The van der Waals surface area contributed by atoms with E-state index in [-0.39, 0.29) is 5.69 Å². The van der Waals surface area contributed by atoms with Crippen LogP contribution >= 0.6 is 0 Å². The van der Waals surface area contributed by atoms with Gasteiger partial charge in [0.05, 0.1) is 11.2 Å². The van der Waals surface area contributed by atoms with E-state index in [0.29, 0.717) is 53.1 Å². The van der Waals surface area contributed by atoms with Crippen molar-refractivity contribution in [1.29, 1.82) is 0 Å². The minimum atomic E-state index is -0.513. The van der Waals surface area contributed by atoms with Gasteiger partial charge in [0.1, 0.15) is 12.3 Å². The van der Waals surface area contributed by atoms with Gasteiger partial charge < -0.3 is 21.1 Å². The number of hydrogen-bond acceptors (Lipinski definition) is 8. The summed E-state index contributed by atoms with van der Waals surface area (Å²) in [5, 5.41) is 7.06. The zero-order valence-corrected chi connectivity index (χ0v) is 20.5. The van der Waals surface area contributed by atoms with Gasteiger partial charge in [-0.3, -0.25) is 4.90 Å². The van der Waals surface area contributed by atoms with Crippen LogP contribution in [0.1, 0.15) is 23.6 Å². The Morgan fingerprint density at radius 2 is 2.03 bits per heavy atom. The number of ether oxygens (including phenoxy) is 1. The second kappa shape index (κ2) is 8.60. The number of anilines is 4. The summed E-state index contributed by atoms with van der Waals surface area (Å²) in [7, 11) is 2.14. The van der Waals surface area contributed by atoms with Crippen LogP contribution in [-0.2, 0) is 13.0 Å². The second-order valence-corrected chi connectivity index (χ2v) is 9.61. The van der Waals surface area contributed by atoms with Gasteiger partial charge in [0.2, 0.25) is 11.8 Å². The fourth-order valence-electron chi connectivity index (χ4n) is 5.00. The zero-order chi connectivity index (χ0) is 25.0. The number of benzene rings is 2. The first-order chi connectivity index (χ1) is 17.4. The van der Waals surface area contributed by atoms with E-state index >= 15 is 4.39 Å². The molecule has 4 aromatic rings. The summed E-state index contributed by atoms with van der Waals surface area (Å²) in [6, 6.07) is 8.59. The molecule has 36 heavy (non-hydrogen) atoms. The number of rotatable bonds is 3. The number of nitrogens with two attached hydrogens (primary N) is 1. The fourth-order valence-corrected chi connectivity index (χ4v) is 5.00. The highest BCUT2D eigenvalue weighted by atomic mass is 19.1. The standard InChI is InChI=1S/C27H28FN7O/c1-14-8-16-4-5-18(9-17(16)13-35(14)3)33-27-32-12-21-22(34-27)10-19(23(28)24(21)29)20-11-31-26-25(15(20)2)30-6-7-36-26/h4-5,9-12,14,30H,6-8,13,29H2,1-3H3,(H,32,33,34)/t14-/m0/s1. The van der Waals surface area contributed by atoms with Crippen LogP contribution in [0.4, 0.5) is 27.4 Å². The van der Waals surface area contributed by atoms with Crippen molar-refractivity contribution < 1.29 is 9.13 Å². The van der Waals surface area contributed by atoms with E-state index in [2.05, 4.69) is 56.6 Å². The zero-order valence-electron chi connectivity index (χ0n) is 20.5. The lowest BCUT2D eigenvalue weighted by Crippen LogP contribution is -2.34. The third kappa shape index (κ3) is 3.76. The van der Waals surface area contributed by atoms with E-state index in [1.807, 2.05) is 13.0 Å². The maximum Gasteiger partial charge on any atom is 0.237 e. The van der Waals surface area contributed by atoms with Gasteiger partial charge in [0.25, 0.3) is 0 Å². The van der Waals surface area contributed by atoms with Crippen LogP contribution in [0.15, 0.2) is 36.7 Å². The molecule has 2 aromatic carbocycles. The van der Waals surface area contributed by atoms with E-state index in [1.165, 1.54) is 11.1 Å². The molecule has 2 aromatic heterocycles. The molecule has 0 aliphatic carbocycles. The van der Waals surface area contributed by atoms with Crippen LogP contribution in [0.5, 0.6) is 5.88 Å². The Morgan fingerprint density at radius 1 is 1.17 bits per heavy atom. The molecule has 1 atom stereocenters. The van der Waals surface area contributed by atoms with E-state index in [4.69, 9.17) is 10.5 Å². The number of nitrogens with one attached hydrogen (secondary N) is 2. The Morgan fingerprint density at radius 3 is 2.89 bits per heavy atom. The number of nitrogen functional groups attached to an aromatic ring is 1. The van der Waals surface area contributed by atoms with Crippen molar-refractivity contribution >= 4 is 33.9 Å². The summed E-state index contributed by atoms with van der Waals surface area (Å²) >= 11 is 0. The van der Waals surface area contributed by atoms with Crippen molar-refractivity contribution in [3.05, 3.63) is 59.2 Å². The van der Waals surface area contributed by atoms with E-state index in [9.17, 15) is 0 Å². The number of hydrogen-bond donors (Lipinski definition) is 3. The van der Waals surface area contributed by atoms with Gasteiger partial charge >= 0.3 is 0 Å². The molecule has 0 amide bonds. The summed E-state index contributed by atoms with van der Waals surface area (Å²) in [6.07, 6.45) is 4.22. The van der Waals surface area contributed by atoms with Gasteiger partial charge in [-0.15, -0.1) is 0 Å². The summed E-state index contributed by atoms with van der Waals surface area (Å²) in [4.78, 5) is 15.8. The summed E-state index contributed by atoms with van der Waals surface area (Å²) in [5.41, 5.74) is 12.9. The van der Waals surface area contributed by atoms with Crippen molar-refractivity contribution in [2.75, 3.05) is 36.6 Å². The summed E-state index contributed by atoms with van der Waals surface area (Å²) in [5.74, 6) is 0.435. The highest BCUT2D eigenvalue weighted by Gasteiger charge is 2.22. The maximum absolute atomic E-state index is 15.4. The van der Waals surface area contributed by atoms with E-state index < -0.39 is 5.82 Å². The normalized spacial score (nSPS) is 17.2. The lowest BCUT2D eigenvalue weighted by Gasteiger charge is -2.31. The quantitative estimate of drug-likeness (QED) is 0.361. The summed E-state index contributed by atoms with van der Waals surface area (Å²) in [6.45, 7) is 6.27. The molecule has 0 radical (unpaired) electrons. The van der Waals surface area contributed by atoms with Gasteiger partial charge in [-0.2, -0.15) is 0 Å². The molecule has 0 fully saturated rings. The largest absolute Gasteiger partial charge is 0.474 e. The maximum atomic E-state index is 15.4.